The Morgan fingerprint density at radius 1 is 1.23 bits per heavy atom. The molecule has 1 saturated heterocycles. The molecule has 2 rings (SSSR count). The number of hydrogen-bond acceptors (Lipinski definition) is 7. The first kappa shape index (κ1) is 25.0. The zero-order valence-electron chi connectivity index (χ0n) is 17.5. The third kappa shape index (κ3) is 7.73. The Hall–Kier alpha value is -2.27. The average molecular weight is 442 g/mol. The summed E-state index contributed by atoms with van der Waals surface area (Å²) in [6, 6.07) is 6.98. The van der Waals surface area contributed by atoms with Gasteiger partial charge in [-0.2, -0.15) is 8.78 Å². The summed E-state index contributed by atoms with van der Waals surface area (Å²) in [5.74, 6) is -2.42. The molecule has 1 aliphatic rings. The standard InChI is InChI=1S/C21H28F2N2O6/c1-21(12-31-21)18(27)16(8-13-6-4-3-5-7-13)25-19(28)14(10-29-2)9-17(26)15(24)11-30-20(22)23/h3-7,14-16,20H,8-12,24H2,1-2H3,(H,25,28)/t14-,15-,16-,21+/m0/s1. The van der Waals surface area contributed by atoms with Crippen LogP contribution in [0.25, 0.3) is 0 Å². The van der Waals surface area contributed by atoms with Crippen molar-refractivity contribution in [1.82, 2.24) is 5.32 Å². The fourth-order valence-corrected chi connectivity index (χ4v) is 3.06. The Kier molecular flexibility index (Phi) is 9.17. The number of nitrogens with one attached hydrogen (secondary N) is 1. The summed E-state index contributed by atoms with van der Waals surface area (Å²) in [4.78, 5) is 38.0. The van der Waals surface area contributed by atoms with Crippen LogP contribution >= 0.6 is 0 Å². The van der Waals surface area contributed by atoms with Gasteiger partial charge >= 0.3 is 6.61 Å². The van der Waals surface area contributed by atoms with Crippen molar-refractivity contribution in [3.05, 3.63) is 35.9 Å². The molecule has 0 saturated carbocycles. The zero-order valence-corrected chi connectivity index (χ0v) is 17.5. The Morgan fingerprint density at radius 2 is 1.87 bits per heavy atom. The second-order valence-corrected chi connectivity index (χ2v) is 7.66. The third-order valence-corrected chi connectivity index (χ3v) is 5.02. The molecule has 0 aliphatic carbocycles. The number of ketones is 2. The van der Waals surface area contributed by atoms with Crippen LogP contribution in [0.4, 0.5) is 8.78 Å². The van der Waals surface area contributed by atoms with Crippen molar-refractivity contribution in [2.45, 2.75) is 44.1 Å². The predicted molar refractivity (Wildman–Crippen MR) is 106 cm³/mol. The highest BCUT2D eigenvalue weighted by molar-refractivity contribution is 5.97. The summed E-state index contributed by atoms with van der Waals surface area (Å²) < 4.78 is 38.6. The van der Waals surface area contributed by atoms with Gasteiger partial charge in [0.15, 0.2) is 11.6 Å². The van der Waals surface area contributed by atoms with Crippen LogP contribution in [-0.2, 0) is 35.0 Å². The highest BCUT2D eigenvalue weighted by atomic mass is 19.3. The highest BCUT2D eigenvalue weighted by Gasteiger charge is 2.50. The molecule has 1 aliphatic heterocycles. The Bertz CT molecular complexity index is 757. The number of alkyl halides is 2. The van der Waals surface area contributed by atoms with Crippen LogP contribution < -0.4 is 11.1 Å². The number of amides is 1. The van der Waals surface area contributed by atoms with E-state index >= 15 is 0 Å². The van der Waals surface area contributed by atoms with Crippen molar-refractivity contribution in [1.29, 1.82) is 0 Å². The first-order valence-corrected chi connectivity index (χ1v) is 9.86. The van der Waals surface area contributed by atoms with E-state index < -0.39 is 48.5 Å². The number of epoxide rings is 1. The van der Waals surface area contributed by atoms with Gasteiger partial charge in [-0.1, -0.05) is 30.3 Å². The minimum absolute atomic E-state index is 0.111. The van der Waals surface area contributed by atoms with Crippen LogP contribution in [0.5, 0.6) is 0 Å². The topological polar surface area (TPSA) is 120 Å². The van der Waals surface area contributed by atoms with Crippen molar-refractivity contribution in [2.24, 2.45) is 11.7 Å². The molecule has 1 aromatic rings. The molecule has 0 radical (unpaired) electrons. The van der Waals surface area contributed by atoms with E-state index in [0.717, 1.165) is 5.56 Å². The molecule has 0 unspecified atom stereocenters. The molecular weight excluding hydrogens is 414 g/mol. The number of Topliss-reactive ketones (excluding diaryl/α,β-unsaturated/α-hetero) is 2. The van der Waals surface area contributed by atoms with Gasteiger partial charge < -0.3 is 25.3 Å². The lowest BCUT2D eigenvalue weighted by atomic mass is 9.93. The molecule has 1 amide bonds. The first-order valence-electron chi connectivity index (χ1n) is 9.86. The van der Waals surface area contributed by atoms with Gasteiger partial charge in [-0.3, -0.25) is 14.4 Å². The summed E-state index contributed by atoms with van der Waals surface area (Å²) >= 11 is 0. The Balaban J connectivity index is 2.06. The molecule has 0 bridgehead atoms. The van der Waals surface area contributed by atoms with Gasteiger partial charge in [0, 0.05) is 13.5 Å². The summed E-state index contributed by atoms with van der Waals surface area (Å²) in [5.41, 5.74) is 5.47. The molecule has 0 aromatic heterocycles. The van der Waals surface area contributed by atoms with E-state index in [1.165, 1.54) is 7.11 Å². The van der Waals surface area contributed by atoms with Crippen molar-refractivity contribution in [3.8, 4) is 0 Å². The minimum Gasteiger partial charge on any atom is -0.384 e. The molecule has 31 heavy (non-hydrogen) atoms. The maximum atomic E-state index is 12.9. The maximum Gasteiger partial charge on any atom is 0.345 e. The summed E-state index contributed by atoms with van der Waals surface area (Å²) in [5, 5.41) is 2.70. The number of carbonyl (C=O) groups is 3. The van der Waals surface area contributed by atoms with Crippen LogP contribution in [0.2, 0.25) is 0 Å². The molecule has 1 heterocycles. The predicted octanol–water partition coefficient (Wildman–Crippen LogP) is 0.860. The lowest BCUT2D eigenvalue weighted by Gasteiger charge is -2.23. The van der Waals surface area contributed by atoms with Gasteiger partial charge in [-0.05, 0) is 18.9 Å². The lowest BCUT2D eigenvalue weighted by Crippen LogP contribution is -2.50. The smallest absolute Gasteiger partial charge is 0.345 e. The number of hydrogen-bond donors (Lipinski definition) is 2. The number of ether oxygens (including phenoxy) is 3. The number of methoxy groups -OCH3 is 1. The molecule has 10 heteroatoms. The molecule has 0 spiro atoms. The number of rotatable bonds is 14. The van der Waals surface area contributed by atoms with E-state index in [2.05, 4.69) is 10.1 Å². The van der Waals surface area contributed by atoms with E-state index in [0.29, 0.717) is 0 Å². The van der Waals surface area contributed by atoms with Crippen LogP contribution in [0.1, 0.15) is 18.9 Å². The molecule has 8 nitrogen and oxygen atoms in total. The van der Waals surface area contributed by atoms with Gasteiger partial charge in [0.25, 0.3) is 0 Å². The van der Waals surface area contributed by atoms with Crippen molar-refractivity contribution >= 4 is 17.5 Å². The van der Waals surface area contributed by atoms with Crippen LogP contribution in [0, 0.1) is 5.92 Å². The number of benzene rings is 1. The highest BCUT2D eigenvalue weighted by Crippen LogP contribution is 2.29. The van der Waals surface area contributed by atoms with E-state index in [1.54, 1.807) is 6.92 Å². The molecule has 4 atom stereocenters. The second-order valence-electron chi connectivity index (χ2n) is 7.66. The van der Waals surface area contributed by atoms with Gasteiger partial charge in [0.05, 0.1) is 37.8 Å². The molecule has 1 aromatic carbocycles. The zero-order chi connectivity index (χ0) is 23.0. The van der Waals surface area contributed by atoms with Crippen molar-refractivity contribution in [2.75, 3.05) is 26.9 Å². The lowest BCUT2D eigenvalue weighted by molar-refractivity contribution is -0.143. The van der Waals surface area contributed by atoms with Gasteiger partial charge in [-0.25, -0.2) is 0 Å². The molecular formula is C21H28F2N2O6. The van der Waals surface area contributed by atoms with Crippen LogP contribution in [-0.4, -0.2) is 68.7 Å². The second kappa shape index (κ2) is 11.4. The third-order valence-electron chi connectivity index (χ3n) is 5.02. The van der Waals surface area contributed by atoms with Crippen molar-refractivity contribution in [3.63, 3.8) is 0 Å². The minimum atomic E-state index is -3.05. The van der Waals surface area contributed by atoms with Crippen LogP contribution in [0.3, 0.4) is 0 Å². The van der Waals surface area contributed by atoms with Gasteiger partial charge in [0.2, 0.25) is 5.91 Å². The largest absolute Gasteiger partial charge is 0.384 e. The van der Waals surface area contributed by atoms with Gasteiger partial charge in [-0.15, -0.1) is 0 Å². The summed E-state index contributed by atoms with van der Waals surface area (Å²) in [6.45, 7) is -1.90. The van der Waals surface area contributed by atoms with E-state index in [4.69, 9.17) is 15.2 Å². The SMILES string of the molecule is COC[C@H](CC(=O)[C@@H](N)COC(F)F)C(=O)N[C@@H](Cc1ccccc1)C(=O)[C@@]1(C)CO1. The summed E-state index contributed by atoms with van der Waals surface area (Å²) in [6.07, 6.45) is -0.0901. The molecule has 172 valence electrons. The normalized spacial score (nSPS) is 20.7. The average Bonchev–Trinajstić information content (AvgIpc) is 3.49. The summed E-state index contributed by atoms with van der Waals surface area (Å²) in [7, 11) is 1.36. The number of halogens is 2. The first-order chi connectivity index (χ1) is 14.7. The van der Waals surface area contributed by atoms with Crippen LogP contribution in [0.15, 0.2) is 30.3 Å². The monoisotopic (exact) mass is 442 g/mol. The number of nitrogens with two attached hydrogens (primary N) is 1. The van der Waals surface area contributed by atoms with Crippen molar-refractivity contribution < 1.29 is 37.4 Å². The van der Waals surface area contributed by atoms with E-state index in [9.17, 15) is 23.2 Å². The van der Waals surface area contributed by atoms with E-state index in [1.807, 2.05) is 30.3 Å². The molecule has 1 fully saturated rings. The fraction of sp³-hybridized carbons (Fsp3) is 0.571. The fourth-order valence-electron chi connectivity index (χ4n) is 3.06. The van der Waals surface area contributed by atoms with E-state index in [-0.39, 0.29) is 31.8 Å². The Morgan fingerprint density at radius 3 is 2.42 bits per heavy atom. The number of carbonyl (C=O) groups excluding carboxylic acids is 3. The maximum absolute atomic E-state index is 12.9. The molecule has 3 N–H and O–H groups in total. The van der Waals surface area contributed by atoms with Gasteiger partial charge in [0.1, 0.15) is 5.60 Å². The Labute approximate surface area is 179 Å². The quantitative estimate of drug-likeness (QED) is 0.410.